The average molecular weight is 344 g/mol. The van der Waals surface area contributed by atoms with Gasteiger partial charge in [-0.1, -0.05) is 71.7 Å². The van der Waals surface area contributed by atoms with Crippen molar-refractivity contribution in [2.45, 2.75) is 38.7 Å². The van der Waals surface area contributed by atoms with E-state index in [0.717, 1.165) is 17.0 Å². The quantitative estimate of drug-likeness (QED) is 0.538. The van der Waals surface area contributed by atoms with Crippen molar-refractivity contribution in [2.24, 2.45) is 5.92 Å². The highest BCUT2D eigenvalue weighted by Gasteiger charge is 2.18. The summed E-state index contributed by atoms with van der Waals surface area (Å²) in [7, 11) is 0. The van der Waals surface area contributed by atoms with Crippen molar-refractivity contribution in [1.82, 2.24) is 0 Å². The Labute approximate surface area is 118 Å². The van der Waals surface area contributed by atoms with Gasteiger partial charge in [0.25, 0.3) is 0 Å². The molecule has 1 aromatic rings. The lowest BCUT2D eigenvalue weighted by Gasteiger charge is -2.26. The van der Waals surface area contributed by atoms with Crippen LogP contribution in [-0.2, 0) is 4.74 Å². The van der Waals surface area contributed by atoms with Crippen molar-refractivity contribution in [3.8, 4) is 0 Å². The van der Waals surface area contributed by atoms with Gasteiger partial charge in [0.1, 0.15) is 0 Å². The first-order valence-electron chi connectivity index (χ1n) is 6.53. The zero-order valence-corrected chi connectivity index (χ0v) is 12.7. The molecule has 1 aromatic carbocycles. The van der Waals surface area contributed by atoms with Crippen LogP contribution in [0.15, 0.2) is 24.3 Å². The summed E-state index contributed by atoms with van der Waals surface area (Å²) >= 11 is 2.42. The van der Waals surface area contributed by atoms with Crippen molar-refractivity contribution in [1.29, 1.82) is 0 Å². The molecule has 0 spiro atoms. The van der Waals surface area contributed by atoms with Crippen molar-refractivity contribution >= 4 is 22.6 Å². The Balaban J connectivity index is 1.80. The van der Waals surface area contributed by atoms with E-state index in [1.54, 1.807) is 0 Å². The molecule has 0 N–H and O–H groups in total. The van der Waals surface area contributed by atoms with Crippen LogP contribution in [0, 0.1) is 12.8 Å². The second-order valence-electron chi connectivity index (χ2n) is 5.01. The maximum Gasteiger partial charge on any atom is 0.0914 e. The molecular weight excluding hydrogens is 323 g/mol. The Morgan fingerprint density at radius 2 is 2.00 bits per heavy atom. The summed E-state index contributed by atoms with van der Waals surface area (Å²) in [6, 6.07) is 8.73. The molecule has 0 bridgehead atoms. The summed E-state index contributed by atoms with van der Waals surface area (Å²) in [5.41, 5.74) is 2.63. The van der Waals surface area contributed by atoms with Gasteiger partial charge in [0.05, 0.1) is 6.10 Å². The fourth-order valence-corrected chi connectivity index (χ4v) is 2.93. The van der Waals surface area contributed by atoms with Crippen LogP contribution in [0.2, 0.25) is 0 Å². The van der Waals surface area contributed by atoms with Crippen LogP contribution in [0.3, 0.4) is 0 Å². The predicted molar refractivity (Wildman–Crippen MR) is 80.7 cm³/mol. The van der Waals surface area contributed by atoms with E-state index in [9.17, 15) is 0 Å². The lowest BCUT2D eigenvalue weighted by molar-refractivity contribution is 0.0531. The van der Waals surface area contributed by atoms with E-state index < -0.39 is 0 Å². The van der Waals surface area contributed by atoms with Crippen molar-refractivity contribution < 1.29 is 4.74 Å². The number of aryl methyl sites for hydroxylation is 1. The predicted octanol–water partition coefficient (Wildman–Crippen LogP) is 4.68. The van der Waals surface area contributed by atoms with E-state index >= 15 is 0 Å². The molecule has 0 saturated heterocycles. The fraction of sp³-hybridized carbons (Fsp3) is 0.600. The fourth-order valence-electron chi connectivity index (χ4n) is 2.17. The van der Waals surface area contributed by atoms with Gasteiger partial charge in [-0.3, -0.25) is 0 Å². The van der Waals surface area contributed by atoms with E-state index in [4.69, 9.17) is 4.74 Å². The molecule has 0 aromatic heterocycles. The minimum atomic E-state index is 0.274. The summed E-state index contributed by atoms with van der Waals surface area (Å²) in [5, 5.41) is 0. The smallest absolute Gasteiger partial charge is 0.0914 e. The summed E-state index contributed by atoms with van der Waals surface area (Å²) in [5.74, 6) is 0.947. The number of hydrogen-bond donors (Lipinski definition) is 0. The van der Waals surface area contributed by atoms with Crippen LogP contribution in [0.5, 0.6) is 0 Å². The van der Waals surface area contributed by atoms with E-state index in [0.29, 0.717) is 0 Å². The topological polar surface area (TPSA) is 9.23 Å². The summed E-state index contributed by atoms with van der Waals surface area (Å²) in [6.07, 6.45) is 5.79. The van der Waals surface area contributed by atoms with Gasteiger partial charge in [-0.05, 0) is 24.8 Å². The molecule has 1 saturated carbocycles. The number of ether oxygens (including phenoxy) is 1. The zero-order valence-electron chi connectivity index (χ0n) is 10.5. The third-order valence-electron chi connectivity index (χ3n) is 3.66. The van der Waals surface area contributed by atoms with Gasteiger partial charge < -0.3 is 4.74 Å². The van der Waals surface area contributed by atoms with Crippen LogP contribution in [0.1, 0.15) is 42.9 Å². The monoisotopic (exact) mass is 344 g/mol. The highest BCUT2D eigenvalue weighted by Crippen LogP contribution is 2.30. The van der Waals surface area contributed by atoms with Crippen LogP contribution >= 0.6 is 22.6 Å². The van der Waals surface area contributed by atoms with Crippen LogP contribution < -0.4 is 0 Å². The molecule has 0 amide bonds. The largest absolute Gasteiger partial charge is 0.373 e. The third-order valence-corrected chi connectivity index (χ3v) is 4.46. The van der Waals surface area contributed by atoms with Gasteiger partial charge in [-0.25, -0.2) is 0 Å². The number of benzene rings is 1. The minimum Gasteiger partial charge on any atom is -0.373 e. The first-order valence-corrected chi connectivity index (χ1v) is 8.06. The molecule has 0 aliphatic heterocycles. The molecule has 0 heterocycles. The Bertz CT molecular complexity index is 329. The highest BCUT2D eigenvalue weighted by molar-refractivity contribution is 14.1. The van der Waals surface area contributed by atoms with E-state index in [1.165, 1.54) is 36.8 Å². The number of alkyl halides is 1. The van der Waals surface area contributed by atoms with E-state index in [-0.39, 0.29) is 6.10 Å². The Kier molecular flexibility index (Phi) is 5.29. The van der Waals surface area contributed by atoms with E-state index in [2.05, 4.69) is 53.8 Å². The molecular formula is C15H21IO. The molecule has 94 valence electrons. The summed E-state index contributed by atoms with van der Waals surface area (Å²) < 4.78 is 7.05. The highest BCUT2D eigenvalue weighted by atomic mass is 127. The van der Waals surface area contributed by atoms with Gasteiger partial charge in [-0.15, -0.1) is 0 Å². The third kappa shape index (κ3) is 3.95. The SMILES string of the molecule is Cc1ccc(C(CI)OCCC2CCC2)cc1. The second kappa shape index (κ2) is 6.74. The van der Waals surface area contributed by atoms with Gasteiger partial charge in [0, 0.05) is 11.0 Å². The molecule has 2 rings (SSSR count). The van der Waals surface area contributed by atoms with Gasteiger partial charge >= 0.3 is 0 Å². The maximum atomic E-state index is 6.02. The first kappa shape index (κ1) is 13.3. The normalized spacial score (nSPS) is 17.8. The molecule has 17 heavy (non-hydrogen) atoms. The van der Waals surface area contributed by atoms with Gasteiger partial charge in [0.2, 0.25) is 0 Å². The van der Waals surface area contributed by atoms with Gasteiger partial charge in [-0.2, -0.15) is 0 Å². The molecule has 1 fully saturated rings. The van der Waals surface area contributed by atoms with Crippen LogP contribution in [0.25, 0.3) is 0 Å². The van der Waals surface area contributed by atoms with Crippen LogP contribution in [0.4, 0.5) is 0 Å². The van der Waals surface area contributed by atoms with Crippen molar-refractivity contribution in [3.63, 3.8) is 0 Å². The van der Waals surface area contributed by atoms with Crippen LogP contribution in [-0.4, -0.2) is 11.0 Å². The van der Waals surface area contributed by atoms with Gasteiger partial charge in [0.15, 0.2) is 0 Å². The molecule has 1 aliphatic rings. The average Bonchev–Trinajstić information content (AvgIpc) is 2.29. The number of rotatable bonds is 6. The standard InChI is InChI=1S/C15H21IO/c1-12-5-7-14(8-6-12)15(11-16)17-10-9-13-3-2-4-13/h5-8,13,15H,2-4,9-11H2,1H3. The summed E-state index contributed by atoms with van der Waals surface area (Å²) in [4.78, 5) is 0. The molecule has 1 unspecified atom stereocenters. The summed E-state index contributed by atoms with van der Waals surface area (Å²) in [6.45, 7) is 3.05. The zero-order chi connectivity index (χ0) is 12.1. The molecule has 2 heteroatoms. The molecule has 1 aliphatic carbocycles. The van der Waals surface area contributed by atoms with Crippen molar-refractivity contribution in [3.05, 3.63) is 35.4 Å². The maximum absolute atomic E-state index is 6.02. The Morgan fingerprint density at radius 3 is 2.53 bits per heavy atom. The Morgan fingerprint density at radius 1 is 1.29 bits per heavy atom. The van der Waals surface area contributed by atoms with Crippen molar-refractivity contribution in [2.75, 3.05) is 11.0 Å². The lowest BCUT2D eigenvalue weighted by Crippen LogP contribution is -2.15. The second-order valence-corrected chi connectivity index (χ2v) is 5.89. The Hall–Kier alpha value is -0.0900. The number of halogens is 1. The lowest BCUT2D eigenvalue weighted by atomic mass is 9.83. The number of hydrogen-bond acceptors (Lipinski definition) is 1. The minimum absolute atomic E-state index is 0.274. The van der Waals surface area contributed by atoms with E-state index in [1.807, 2.05) is 0 Å². The molecule has 1 atom stereocenters. The molecule has 1 nitrogen and oxygen atoms in total. The first-order chi connectivity index (χ1) is 8.29. The molecule has 0 radical (unpaired) electrons.